The van der Waals surface area contributed by atoms with E-state index in [1.165, 1.54) is 0 Å². The zero-order chi connectivity index (χ0) is 12.2. The minimum atomic E-state index is -0.540. The normalized spacial score (nSPS) is 11.8. The molecule has 0 radical (unpaired) electrons. The monoisotopic (exact) mass is 244 g/mol. The number of ether oxygens (including phenoxy) is 2. The summed E-state index contributed by atoms with van der Waals surface area (Å²) in [6, 6.07) is 1.69. The molecule has 5 heteroatoms. The van der Waals surface area contributed by atoms with E-state index in [-0.39, 0.29) is 0 Å². The lowest BCUT2D eigenvalue weighted by Gasteiger charge is -2.23. The Morgan fingerprint density at radius 1 is 1.38 bits per heavy atom. The van der Waals surface area contributed by atoms with Gasteiger partial charge in [0.15, 0.2) is 5.82 Å². The summed E-state index contributed by atoms with van der Waals surface area (Å²) in [5.74, 6) is 0.578. The van der Waals surface area contributed by atoms with E-state index in [1.807, 2.05) is 20.8 Å². The second-order valence-corrected chi connectivity index (χ2v) is 4.27. The highest BCUT2D eigenvalue weighted by Gasteiger charge is 2.25. The van der Waals surface area contributed by atoms with Gasteiger partial charge in [0.2, 0.25) is 0 Å². The topological polar surface area (TPSA) is 44.2 Å². The van der Waals surface area contributed by atoms with Gasteiger partial charge in [-0.1, -0.05) is 11.6 Å². The molecule has 0 N–H and O–H groups in total. The lowest BCUT2D eigenvalue weighted by Crippen LogP contribution is -2.25. The first-order chi connectivity index (χ1) is 7.49. The molecule has 0 aliphatic heterocycles. The summed E-state index contributed by atoms with van der Waals surface area (Å²) in [4.78, 5) is 8.55. The average Bonchev–Trinajstić information content (AvgIpc) is 2.17. The summed E-state index contributed by atoms with van der Waals surface area (Å²) in [5, 5.41) is 0.407. The largest absolute Gasteiger partial charge is 0.378 e. The Morgan fingerprint density at radius 3 is 2.62 bits per heavy atom. The summed E-state index contributed by atoms with van der Waals surface area (Å²) in [7, 11) is 1.61. The van der Waals surface area contributed by atoms with Crippen LogP contribution in [0.15, 0.2) is 6.07 Å². The van der Waals surface area contributed by atoms with Gasteiger partial charge >= 0.3 is 0 Å². The van der Waals surface area contributed by atoms with Crippen molar-refractivity contribution >= 4 is 11.6 Å². The van der Waals surface area contributed by atoms with Gasteiger partial charge in [0.25, 0.3) is 0 Å². The van der Waals surface area contributed by atoms with Crippen molar-refractivity contribution in [1.29, 1.82) is 0 Å². The van der Waals surface area contributed by atoms with E-state index in [0.717, 1.165) is 5.69 Å². The zero-order valence-electron chi connectivity index (χ0n) is 10.1. The summed E-state index contributed by atoms with van der Waals surface area (Å²) < 4.78 is 10.6. The highest BCUT2D eigenvalue weighted by Crippen LogP contribution is 2.23. The fourth-order valence-electron chi connectivity index (χ4n) is 1.38. The quantitative estimate of drug-likeness (QED) is 0.747. The SMILES string of the molecule is CCOC(C)(C)c1nc(Cl)cc(COC)n1. The summed E-state index contributed by atoms with van der Waals surface area (Å²) >= 11 is 5.93. The molecule has 4 nitrogen and oxygen atoms in total. The molecule has 1 aromatic rings. The zero-order valence-corrected chi connectivity index (χ0v) is 10.8. The van der Waals surface area contributed by atoms with Crippen molar-refractivity contribution in [3.8, 4) is 0 Å². The second kappa shape index (κ2) is 5.57. The highest BCUT2D eigenvalue weighted by molar-refractivity contribution is 6.29. The molecule has 0 fully saturated rings. The minimum Gasteiger partial charge on any atom is -0.378 e. The molecule has 0 aliphatic carbocycles. The molecule has 0 spiro atoms. The average molecular weight is 245 g/mol. The lowest BCUT2D eigenvalue weighted by molar-refractivity contribution is -0.0211. The number of hydrogen-bond acceptors (Lipinski definition) is 4. The number of halogens is 1. The first kappa shape index (κ1) is 13.4. The van der Waals surface area contributed by atoms with Crippen LogP contribution in [0.25, 0.3) is 0 Å². The Balaban J connectivity index is 3.03. The van der Waals surface area contributed by atoms with Gasteiger partial charge in [-0.25, -0.2) is 9.97 Å². The predicted molar refractivity (Wildman–Crippen MR) is 62.4 cm³/mol. The van der Waals surface area contributed by atoms with Crippen LogP contribution in [-0.4, -0.2) is 23.7 Å². The van der Waals surface area contributed by atoms with Crippen LogP contribution in [0.2, 0.25) is 5.15 Å². The Kier molecular flexibility index (Phi) is 4.65. The van der Waals surface area contributed by atoms with E-state index in [2.05, 4.69) is 9.97 Å². The first-order valence-electron chi connectivity index (χ1n) is 5.16. The van der Waals surface area contributed by atoms with Crippen molar-refractivity contribution in [2.24, 2.45) is 0 Å². The van der Waals surface area contributed by atoms with E-state index in [4.69, 9.17) is 21.1 Å². The maximum absolute atomic E-state index is 5.93. The van der Waals surface area contributed by atoms with Crippen LogP contribution in [0.5, 0.6) is 0 Å². The van der Waals surface area contributed by atoms with E-state index in [0.29, 0.717) is 24.2 Å². The fraction of sp³-hybridized carbons (Fsp3) is 0.636. The van der Waals surface area contributed by atoms with Crippen LogP contribution < -0.4 is 0 Å². The third-order valence-corrected chi connectivity index (χ3v) is 2.28. The van der Waals surface area contributed by atoms with Gasteiger partial charge in [-0.05, 0) is 26.8 Å². The Hall–Kier alpha value is -0.710. The van der Waals surface area contributed by atoms with Crippen molar-refractivity contribution < 1.29 is 9.47 Å². The van der Waals surface area contributed by atoms with Gasteiger partial charge in [-0.3, -0.25) is 0 Å². The molecule has 90 valence electrons. The smallest absolute Gasteiger partial charge is 0.161 e. The van der Waals surface area contributed by atoms with Crippen LogP contribution in [0.3, 0.4) is 0 Å². The van der Waals surface area contributed by atoms with Gasteiger partial charge < -0.3 is 9.47 Å². The standard InChI is InChI=1S/C11H17ClN2O2/c1-5-16-11(2,3)10-13-8(7-15-4)6-9(12)14-10/h6H,5,7H2,1-4H3. The number of nitrogens with zero attached hydrogens (tertiary/aromatic N) is 2. The summed E-state index contributed by atoms with van der Waals surface area (Å²) in [6.07, 6.45) is 0. The van der Waals surface area contributed by atoms with E-state index < -0.39 is 5.60 Å². The minimum absolute atomic E-state index is 0.407. The van der Waals surface area contributed by atoms with Gasteiger partial charge in [0.05, 0.1) is 12.3 Å². The third kappa shape index (κ3) is 3.40. The van der Waals surface area contributed by atoms with E-state index >= 15 is 0 Å². The molecule has 0 unspecified atom stereocenters. The maximum atomic E-state index is 5.93. The Labute approximate surface area is 101 Å². The van der Waals surface area contributed by atoms with Crippen molar-refractivity contribution in [2.75, 3.05) is 13.7 Å². The van der Waals surface area contributed by atoms with Gasteiger partial charge in [-0.15, -0.1) is 0 Å². The van der Waals surface area contributed by atoms with Gasteiger partial charge in [-0.2, -0.15) is 0 Å². The number of aromatic nitrogens is 2. The molecule has 1 heterocycles. The molecule has 1 aromatic heterocycles. The van der Waals surface area contributed by atoms with Crippen molar-refractivity contribution in [3.05, 3.63) is 22.7 Å². The summed E-state index contributed by atoms with van der Waals surface area (Å²) in [6.45, 7) is 6.78. The lowest BCUT2D eigenvalue weighted by atomic mass is 10.1. The van der Waals surface area contributed by atoms with E-state index in [9.17, 15) is 0 Å². The number of rotatable bonds is 5. The van der Waals surface area contributed by atoms with E-state index in [1.54, 1.807) is 13.2 Å². The fourth-order valence-corrected chi connectivity index (χ4v) is 1.59. The van der Waals surface area contributed by atoms with Crippen molar-refractivity contribution in [2.45, 2.75) is 33.0 Å². The molecule has 16 heavy (non-hydrogen) atoms. The molecule has 0 amide bonds. The van der Waals surface area contributed by atoms with Gasteiger partial charge in [0.1, 0.15) is 10.8 Å². The molecule has 0 saturated carbocycles. The molecule has 0 aliphatic rings. The molecule has 0 saturated heterocycles. The molecular weight excluding hydrogens is 228 g/mol. The molecular formula is C11H17ClN2O2. The van der Waals surface area contributed by atoms with Crippen LogP contribution in [-0.2, 0) is 21.7 Å². The molecule has 0 aromatic carbocycles. The van der Waals surface area contributed by atoms with Crippen LogP contribution >= 0.6 is 11.6 Å². The Morgan fingerprint density at radius 2 is 2.06 bits per heavy atom. The summed E-state index contributed by atoms with van der Waals surface area (Å²) in [5.41, 5.74) is 0.215. The number of hydrogen-bond donors (Lipinski definition) is 0. The molecule has 0 atom stereocenters. The maximum Gasteiger partial charge on any atom is 0.161 e. The Bertz CT molecular complexity index is 356. The van der Waals surface area contributed by atoms with Crippen molar-refractivity contribution in [3.63, 3.8) is 0 Å². The molecule has 0 bridgehead atoms. The second-order valence-electron chi connectivity index (χ2n) is 3.88. The number of methoxy groups -OCH3 is 1. The van der Waals surface area contributed by atoms with Crippen LogP contribution in [0.1, 0.15) is 32.3 Å². The predicted octanol–water partition coefficient (Wildman–Crippen LogP) is 2.55. The van der Waals surface area contributed by atoms with Crippen LogP contribution in [0, 0.1) is 0 Å². The van der Waals surface area contributed by atoms with Gasteiger partial charge in [0, 0.05) is 13.7 Å². The first-order valence-corrected chi connectivity index (χ1v) is 5.54. The van der Waals surface area contributed by atoms with Crippen molar-refractivity contribution in [1.82, 2.24) is 9.97 Å². The van der Waals surface area contributed by atoms with Crippen LogP contribution in [0.4, 0.5) is 0 Å². The highest BCUT2D eigenvalue weighted by atomic mass is 35.5. The third-order valence-electron chi connectivity index (χ3n) is 2.08. The molecule has 1 rings (SSSR count).